The van der Waals surface area contributed by atoms with Crippen molar-refractivity contribution in [1.29, 1.82) is 0 Å². The summed E-state index contributed by atoms with van der Waals surface area (Å²) in [5.74, 6) is -1.51. The number of hydrogen-bond acceptors (Lipinski definition) is 4. The zero-order valence-electron chi connectivity index (χ0n) is 11.2. The summed E-state index contributed by atoms with van der Waals surface area (Å²) >= 11 is 1.07. The average Bonchev–Trinajstić information content (AvgIpc) is 2.41. The molecule has 1 unspecified atom stereocenters. The second-order valence-corrected chi connectivity index (χ2v) is 5.50. The van der Waals surface area contributed by atoms with E-state index in [0.29, 0.717) is 12.2 Å². The molecule has 0 bridgehead atoms. The summed E-state index contributed by atoms with van der Waals surface area (Å²) in [4.78, 5) is 33.5. The molecule has 108 valence electrons. The molecule has 1 amide bonds. The number of thioether (sulfide) groups is 1. The van der Waals surface area contributed by atoms with E-state index >= 15 is 0 Å². The molecular weight excluding hydrogens is 278 g/mol. The van der Waals surface area contributed by atoms with Crippen LogP contribution in [0.25, 0.3) is 0 Å². The van der Waals surface area contributed by atoms with E-state index in [9.17, 15) is 14.4 Å². The summed E-state index contributed by atoms with van der Waals surface area (Å²) in [6.07, 6.45) is 0.479. The molecule has 0 heterocycles. The third kappa shape index (κ3) is 6.38. The Bertz CT molecular complexity index is 475. The number of hydrogen-bond donors (Lipinski definition) is 2. The zero-order valence-corrected chi connectivity index (χ0v) is 12.0. The molecule has 2 N–H and O–H groups in total. The van der Waals surface area contributed by atoms with Gasteiger partial charge in [-0.2, -0.15) is 0 Å². The average molecular weight is 295 g/mol. The van der Waals surface area contributed by atoms with Gasteiger partial charge in [-0.1, -0.05) is 42.1 Å². The van der Waals surface area contributed by atoms with Crippen LogP contribution in [-0.2, 0) is 20.8 Å². The summed E-state index contributed by atoms with van der Waals surface area (Å²) in [5, 5.41) is 10.9. The van der Waals surface area contributed by atoms with Gasteiger partial charge in [0.25, 0.3) is 0 Å². The molecule has 0 saturated carbocycles. The van der Waals surface area contributed by atoms with Crippen LogP contribution in [0.2, 0.25) is 0 Å². The Morgan fingerprint density at radius 1 is 1.25 bits per heavy atom. The molecule has 1 aromatic carbocycles. The van der Waals surface area contributed by atoms with Crippen molar-refractivity contribution in [2.24, 2.45) is 5.92 Å². The molecule has 0 aromatic heterocycles. The van der Waals surface area contributed by atoms with Crippen molar-refractivity contribution < 1.29 is 19.5 Å². The monoisotopic (exact) mass is 295 g/mol. The molecule has 1 aromatic rings. The molecule has 1 rings (SSSR count). The van der Waals surface area contributed by atoms with E-state index in [1.807, 2.05) is 30.3 Å². The lowest BCUT2D eigenvalue weighted by molar-refractivity contribution is -0.138. The van der Waals surface area contributed by atoms with Gasteiger partial charge in [0.2, 0.25) is 5.91 Å². The van der Waals surface area contributed by atoms with E-state index in [0.717, 1.165) is 17.3 Å². The second-order valence-electron chi connectivity index (χ2n) is 4.30. The first-order valence-corrected chi connectivity index (χ1v) is 7.14. The van der Waals surface area contributed by atoms with Gasteiger partial charge in [0.1, 0.15) is 6.54 Å². The number of amides is 1. The third-order valence-electron chi connectivity index (χ3n) is 2.60. The first kappa shape index (κ1) is 16.2. The zero-order chi connectivity index (χ0) is 15.0. The van der Waals surface area contributed by atoms with Crippen molar-refractivity contribution in [1.82, 2.24) is 5.32 Å². The van der Waals surface area contributed by atoms with E-state index in [-0.39, 0.29) is 11.0 Å². The number of rotatable bonds is 7. The molecule has 6 heteroatoms. The molecule has 0 aliphatic rings. The van der Waals surface area contributed by atoms with Gasteiger partial charge in [0.05, 0.1) is 5.92 Å². The van der Waals surface area contributed by atoms with Crippen LogP contribution in [0, 0.1) is 5.92 Å². The van der Waals surface area contributed by atoms with E-state index in [1.165, 1.54) is 6.92 Å². The van der Waals surface area contributed by atoms with Crippen LogP contribution in [0.15, 0.2) is 30.3 Å². The number of aliphatic carboxylic acids is 1. The molecule has 1 atom stereocenters. The van der Waals surface area contributed by atoms with Crippen molar-refractivity contribution in [2.45, 2.75) is 13.3 Å². The minimum Gasteiger partial charge on any atom is -0.480 e. The SMILES string of the molecule is CC(=O)SCC(Cc1ccccc1)C(=O)NCC(=O)O. The molecule has 0 aliphatic heterocycles. The maximum atomic E-state index is 12.0. The smallest absolute Gasteiger partial charge is 0.322 e. The van der Waals surface area contributed by atoms with Crippen molar-refractivity contribution in [3.63, 3.8) is 0 Å². The minimum atomic E-state index is -1.09. The number of carboxylic acid groups (broad SMARTS) is 1. The maximum Gasteiger partial charge on any atom is 0.322 e. The van der Waals surface area contributed by atoms with Gasteiger partial charge in [-0.25, -0.2) is 0 Å². The van der Waals surface area contributed by atoms with Gasteiger partial charge in [-0.15, -0.1) is 0 Å². The standard InChI is InChI=1S/C14H17NO4S/c1-10(16)20-9-12(14(19)15-8-13(17)18)7-11-5-3-2-4-6-11/h2-6,12H,7-9H2,1H3,(H,15,19)(H,17,18). The fourth-order valence-electron chi connectivity index (χ4n) is 1.65. The summed E-state index contributed by atoms with van der Waals surface area (Å²) in [6.45, 7) is 1.04. The summed E-state index contributed by atoms with van der Waals surface area (Å²) < 4.78 is 0. The lowest BCUT2D eigenvalue weighted by Crippen LogP contribution is -2.36. The number of nitrogens with one attached hydrogen (secondary N) is 1. The molecule has 0 saturated heterocycles. The predicted octanol–water partition coefficient (Wildman–Crippen LogP) is 1.33. The highest BCUT2D eigenvalue weighted by Crippen LogP contribution is 2.15. The lowest BCUT2D eigenvalue weighted by atomic mass is 10.0. The Balaban J connectivity index is 2.66. The molecule has 0 aliphatic carbocycles. The number of carbonyl (C=O) groups excluding carboxylic acids is 2. The molecule has 20 heavy (non-hydrogen) atoms. The summed E-state index contributed by atoms with van der Waals surface area (Å²) in [7, 11) is 0. The Kier molecular flexibility index (Phi) is 6.79. The van der Waals surface area contributed by atoms with Crippen molar-refractivity contribution in [3.8, 4) is 0 Å². The predicted molar refractivity (Wildman–Crippen MR) is 77.4 cm³/mol. The number of benzene rings is 1. The summed E-state index contributed by atoms with van der Waals surface area (Å²) in [6, 6.07) is 9.43. The van der Waals surface area contributed by atoms with Gasteiger partial charge in [0.15, 0.2) is 5.12 Å². The highest BCUT2D eigenvalue weighted by atomic mass is 32.2. The quantitative estimate of drug-likeness (QED) is 0.793. The lowest BCUT2D eigenvalue weighted by Gasteiger charge is -2.15. The second kappa shape index (κ2) is 8.37. The summed E-state index contributed by atoms with van der Waals surface area (Å²) in [5.41, 5.74) is 0.979. The highest BCUT2D eigenvalue weighted by molar-refractivity contribution is 8.13. The largest absolute Gasteiger partial charge is 0.480 e. The highest BCUT2D eigenvalue weighted by Gasteiger charge is 2.20. The normalized spacial score (nSPS) is 11.7. The number of carbonyl (C=O) groups is 3. The van der Waals surface area contributed by atoms with Crippen molar-refractivity contribution in [3.05, 3.63) is 35.9 Å². The minimum absolute atomic E-state index is 0.0610. The van der Waals surface area contributed by atoms with Gasteiger partial charge < -0.3 is 10.4 Å². The fraction of sp³-hybridized carbons (Fsp3) is 0.357. The Labute approximate surface area is 121 Å². The van der Waals surface area contributed by atoms with Crippen LogP contribution in [0.3, 0.4) is 0 Å². The molecule has 0 radical (unpaired) electrons. The van der Waals surface area contributed by atoms with Crippen LogP contribution in [0.4, 0.5) is 0 Å². The third-order valence-corrected chi connectivity index (χ3v) is 3.57. The Morgan fingerprint density at radius 2 is 1.90 bits per heavy atom. The Morgan fingerprint density at radius 3 is 2.45 bits per heavy atom. The van der Waals surface area contributed by atoms with Crippen LogP contribution in [0.5, 0.6) is 0 Å². The van der Waals surface area contributed by atoms with Gasteiger partial charge >= 0.3 is 5.97 Å². The molecule has 0 fully saturated rings. The Hall–Kier alpha value is -1.82. The van der Waals surface area contributed by atoms with E-state index in [2.05, 4.69) is 5.32 Å². The van der Waals surface area contributed by atoms with Gasteiger partial charge in [-0.3, -0.25) is 14.4 Å². The first-order valence-electron chi connectivity index (χ1n) is 6.16. The van der Waals surface area contributed by atoms with Crippen LogP contribution in [0.1, 0.15) is 12.5 Å². The molecular formula is C14H17NO4S. The first-order chi connectivity index (χ1) is 9.49. The van der Waals surface area contributed by atoms with E-state index < -0.39 is 18.4 Å². The number of carboxylic acids is 1. The van der Waals surface area contributed by atoms with Crippen molar-refractivity contribution >= 4 is 28.8 Å². The van der Waals surface area contributed by atoms with Crippen LogP contribution in [-0.4, -0.2) is 34.4 Å². The molecule has 5 nitrogen and oxygen atoms in total. The van der Waals surface area contributed by atoms with E-state index in [1.54, 1.807) is 0 Å². The molecule has 0 spiro atoms. The van der Waals surface area contributed by atoms with E-state index in [4.69, 9.17) is 5.11 Å². The maximum absolute atomic E-state index is 12.0. The van der Waals surface area contributed by atoms with Crippen LogP contribution < -0.4 is 5.32 Å². The van der Waals surface area contributed by atoms with Gasteiger partial charge in [-0.05, 0) is 12.0 Å². The van der Waals surface area contributed by atoms with Gasteiger partial charge in [0, 0.05) is 12.7 Å². The fourth-order valence-corrected chi connectivity index (χ4v) is 2.36. The van der Waals surface area contributed by atoms with Crippen LogP contribution >= 0.6 is 11.8 Å². The van der Waals surface area contributed by atoms with Crippen molar-refractivity contribution in [2.75, 3.05) is 12.3 Å². The topological polar surface area (TPSA) is 83.5 Å².